The molecule has 1 aliphatic rings. The highest BCUT2D eigenvalue weighted by Crippen LogP contribution is 2.23. The third-order valence-corrected chi connectivity index (χ3v) is 3.39. The molecule has 17 heavy (non-hydrogen) atoms. The van der Waals surface area contributed by atoms with Crippen molar-refractivity contribution in [3.63, 3.8) is 0 Å². The number of likely N-dealkylation sites (tertiary alicyclic amines) is 1. The molecule has 1 aromatic heterocycles. The number of hydrogen-bond acceptors (Lipinski definition) is 3. The Hall–Kier alpha value is -0.840. The van der Waals surface area contributed by atoms with Gasteiger partial charge in [0, 0.05) is 6.54 Å². The van der Waals surface area contributed by atoms with Crippen molar-refractivity contribution in [2.45, 2.75) is 18.9 Å². The van der Waals surface area contributed by atoms with Crippen molar-refractivity contribution < 1.29 is 9.90 Å². The van der Waals surface area contributed by atoms with Crippen LogP contribution in [0, 0.1) is 0 Å². The van der Waals surface area contributed by atoms with Gasteiger partial charge in [-0.1, -0.05) is 23.2 Å². The summed E-state index contributed by atoms with van der Waals surface area (Å²) in [5.74, 6) is -0.198. The Morgan fingerprint density at radius 2 is 2.29 bits per heavy atom. The predicted octanol–water partition coefficient (Wildman–Crippen LogP) is 1.99. The van der Waals surface area contributed by atoms with Gasteiger partial charge in [-0.05, 0) is 25.0 Å². The van der Waals surface area contributed by atoms with E-state index in [1.165, 1.54) is 6.07 Å². The van der Waals surface area contributed by atoms with E-state index < -0.39 is 0 Å². The molecule has 6 heteroatoms. The maximum absolute atomic E-state index is 12.2. The number of hydrogen-bond donors (Lipinski definition) is 1. The largest absolute Gasteiger partial charge is 0.394 e. The van der Waals surface area contributed by atoms with Gasteiger partial charge in [0.25, 0.3) is 5.91 Å². The number of pyridine rings is 1. The fourth-order valence-electron chi connectivity index (χ4n) is 2.02. The van der Waals surface area contributed by atoms with Gasteiger partial charge in [0.15, 0.2) is 0 Å². The summed E-state index contributed by atoms with van der Waals surface area (Å²) in [5, 5.41) is 9.54. The molecule has 1 atom stereocenters. The van der Waals surface area contributed by atoms with Crippen LogP contribution in [0.25, 0.3) is 0 Å². The number of aliphatic hydroxyl groups is 1. The van der Waals surface area contributed by atoms with E-state index in [0.29, 0.717) is 12.1 Å². The molecular formula is C11H12Cl2N2O2. The number of carbonyl (C=O) groups excluding carboxylic acids is 1. The first-order valence-electron chi connectivity index (χ1n) is 5.37. The van der Waals surface area contributed by atoms with Crippen LogP contribution in [0.4, 0.5) is 0 Å². The lowest BCUT2D eigenvalue weighted by molar-refractivity contribution is 0.0677. The van der Waals surface area contributed by atoms with Crippen LogP contribution in [0.2, 0.25) is 10.3 Å². The average Bonchev–Trinajstić information content (AvgIpc) is 2.76. The molecule has 1 aliphatic heterocycles. The molecule has 0 unspecified atom stereocenters. The molecule has 1 amide bonds. The second-order valence-corrected chi connectivity index (χ2v) is 4.69. The highest BCUT2D eigenvalue weighted by atomic mass is 35.5. The van der Waals surface area contributed by atoms with E-state index in [0.717, 1.165) is 12.8 Å². The van der Waals surface area contributed by atoms with Crippen molar-refractivity contribution in [1.82, 2.24) is 9.88 Å². The Balaban J connectivity index is 2.24. The fraction of sp³-hybridized carbons (Fsp3) is 0.455. The summed E-state index contributed by atoms with van der Waals surface area (Å²) in [5.41, 5.74) is 0.330. The van der Waals surface area contributed by atoms with E-state index in [-0.39, 0.29) is 28.9 Å². The molecule has 1 aromatic rings. The van der Waals surface area contributed by atoms with Crippen LogP contribution >= 0.6 is 23.2 Å². The normalized spacial score (nSPS) is 19.7. The minimum Gasteiger partial charge on any atom is -0.394 e. The van der Waals surface area contributed by atoms with Crippen LogP contribution in [0.15, 0.2) is 12.1 Å². The zero-order valence-corrected chi connectivity index (χ0v) is 10.6. The van der Waals surface area contributed by atoms with Gasteiger partial charge in [0.2, 0.25) is 0 Å². The molecule has 1 N–H and O–H groups in total. The standard InChI is InChI=1S/C11H12Cl2N2O2/c12-9-4-3-8(10(13)14-9)11(17)15-5-1-2-7(15)6-16/h3-4,7,16H,1-2,5-6H2/t7-/m1/s1. The molecule has 92 valence electrons. The summed E-state index contributed by atoms with van der Waals surface area (Å²) in [4.78, 5) is 17.7. The lowest BCUT2D eigenvalue weighted by Crippen LogP contribution is -2.37. The number of aromatic nitrogens is 1. The molecule has 1 saturated heterocycles. The van der Waals surface area contributed by atoms with Crippen LogP contribution in [0.1, 0.15) is 23.2 Å². The molecule has 0 bridgehead atoms. The number of rotatable bonds is 2. The molecule has 2 heterocycles. The molecule has 0 radical (unpaired) electrons. The smallest absolute Gasteiger partial charge is 0.257 e. The lowest BCUT2D eigenvalue weighted by atomic mass is 10.2. The van der Waals surface area contributed by atoms with Crippen molar-refractivity contribution in [2.24, 2.45) is 0 Å². The first kappa shape index (κ1) is 12.6. The molecular weight excluding hydrogens is 263 g/mol. The van der Waals surface area contributed by atoms with Crippen molar-refractivity contribution >= 4 is 29.1 Å². The molecule has 2 rings (SSSR count). The average molecular weight is 275 g/mol. The predicted molar refractivity (Wildman–Crippen MR) is 65.4 cm³/mol. The van der Waals surface area contributed by atoms with Gasteiger partial charge < -0.3 is 10.0 Å². The zero-order chi connectivity index (χ0) is 12.4. The lowest BCUT2D eigenvalue weighted by Gasteiger charge is -2.23. The zero-order valence-electron chi connectivity index (χ0n) is 9.07. The van der Waals surface area contributed by atoms with Crippen molar-refractivity contribution in [2.75, 3.05) is 13.2 Å². The summed E-state index contributed by atoms with van der Waals surface area (Å²) in [7, 11) is 0. The fourth-order valence-corrected chi connectivity index (χ4v) is 2.44. The van der Waals surface area contributed by atoms with Crippen molar-refractivity contribution in [3.8, 4) is 0 Å². The second-order valence-electron chi connectivity index (χ2n) is 3.95. The van der Waals surface area contributed by atoms with Crippen LogP contribution in [0.3, 0.4) is 0 Å². The monoisotopic (exact) mass is 274 g/mol. The molecule has 0 aliphatic carbocycles. The van der Waals surface area contributed by atoms with Crippen molar-refractivity contribution in [3.05, 3.63) is 28.0 Å². The van der Waals surface area contributed by atoms with Gasteiger partial charge in [0.05, 0.1) is 18.2 Å². The maximum atomic E-state index is 12.2. The summed E-state index contributed by atoms with van der Waals surface area (Å²) in [6.45, 7) is 0.618. The first-order valence-corrected chi connectivity index (χ1v) is 6.13. The third-order valence-electron chi connectivity index (χ3n) is 2.89. The van der Waals surface area contributed by atoms with Crippen molar-refractivity contribution in [1.29, 1.82) is 0 Å². The van der Waals surface area contributed by atoms with Gasteiger partial charge in [0.1, 0.15) is 10.3 Å². The molecule has 1 fully saturated rings. The number of amides is 1. The van der Waals surface area contributed by atoms with Crippen LogP contribution in [-0.2, 0) is 0 Å². The Morgan fingerprint density at radius 3 is 2.94 bits per heavy atom. The number of nitrogens with zero attached hydrogens (tertiary/aromatic N) is 2. The topological polar surface area (TPSA) is 53.4 Å². The Labute approximate surface area is 109 Å². The van der Waals surface area contributed by atoms with Gasteiger partial charge in [-0.2, -0.15) is 0 Å². The summed E-state index contributed by atoms with van der Waals surface area (Å²) in [6.07, 6.45) is 1.72. The van der Waals surface area contributed by atoms with Crippen LogP contribution < -0.4 is 0 Å². The van der Waals surface area contributed by atoms with E-state index in [1.54, 1.807) is 11.0 Å². The van der Waals surface area contributed by atoms with E-state index in [9.17, 15) is 9.90 Å². The summed E-state index contributed by atoms with van der Waals surface area (Å²) in [6, 6.07) is 2.98. The Bertz CT molecular complexity index is 439. The summed E-state index contributed by atoms with van der Waals surface area (Å²) >= 11 is 11.6. The minimum atomic E-state index is -0.198. The van der Waals surface area contributed by atoms with Gasteiger partial charge >= 0.3 is 0 Å². The third kappa shape index (κ3) is 2.54. The van der Waals surface area contributed by atoms with E-state index >= 15 is 0 Å². The molecule has 0 spiro atoms. The molecule has 0 aromatic carbocycles. The Kier molecular flexibility index (Phi) is 3.86. The number of carbonyl (C=O) groups is 1. The molecule has 4 nitrogen and oxygen atoms in total. The van der Waals surface area contributed by atoms with Crippen LogP contribution in [0.5, 0.6) is 0 Å². The van der Waals surface area contributed by atoms with Gasteiger partial charge in [-0.25, -0.2) is 4.98 Å². The number of aliphatic hydroxyl groups excluding tert-OH is 1. The van der Waals surface area contributed by atoms with Gasteiger partial charge in [-0.15, -0.1) is 0 Å². The van der Waals surface area contributed by atoms with Gasteiger partial charge in [-0.3, -0.25) is 4.79 Å². The second kappa shape index (κ2) is 5.21. The van der Waals surface area contributed by atoms with E-state index in [1.807, 2.05) is 0 Å². The first-order chi connectivity index (χ1) is 8.13. The molecule has 0 saturated carbocycles. The quantitative estimate of drug-likeness (QED) is 0.840. The minimum absolute atomic E-state index is 0.0234. The van der Waals surface area contributed by atoms with E-state index in [2.05, 4.69) is 4.98 Å². The van der Waals surface area contributed by atoms with E-state index in [4.69, 9.17) is 23.2 Å². The SMILES string of the molecule is O=C(c1ccc(Cl)nc1Cl)N1CCC[C@@H]1CO. The highest BCUT2D eigenvalue weighted by Gasteiger charge is 2.30. The maximum Gasteiger partial charge on any atom is 0.257 e. The van der Waals surface area contributed by atoms with Crippen LogP contribution in [-0.4, -0.2) is 40.1 Å². The number of halogens is 2. The highest BCUT2D eigenvalue weighted by molar-refractivity contribution is 6.34. The Morgan fingerprint density at radius 1 is 1.53 bits per heavy atom. The summed E-state index contributed by atoms with van der Waals surface area (Å²) < 4.78 is 0.